The van der Waals surface area contributed by atoms with Crippen LogP contribution < -0.4 is 0 Å². The number of carboxylic acid groups (broad SMARTS) is 1. The highest BCUT2D eigenvalue weighted by atomic mass is 79.9. The molecule has 0 aromatic carbocycles. The molecule has 0 aliphatic carbocycles. The van der Waals surface area contributed by atoms with Crippen molar-refractivity contribution in [1.29, 1.82) is 0 Å². The molecule has 5 heteroatoms. The highest BCUT2D eigenvalue weighted by Crippen LogP contribution is 2.23. The Balaban J connectivity index is 2.80. The van der Waals surface area contributed by atoms with Gasteiger partial charge in [-0.3, -0.25) is 4.40 Å². The third-order valence-corrected chi connectivity index (χ3v) is 3.16. The number of nitrogens with zero attached hydrogens (tertiary/aromatic N) is 2. The SMILES string of the molecule is CCCc1nc2c(Br)cc(C)cn2c1C(=O)O. The van der Waals surface area contributed by atoms with E-state index >= 15 is 0 Å². The molecule has 0 aliphatic heterocycles. The molecular weight excluding hydrogens is 284 g/mol. The number of pyridine rings is 1. The highest BCUT2D eigenvalue weighted by Gasteiger charge is 2.19. The molecule has 0 aliphatic rings. The Morgan fingerprint density at radius 3 is 2.88 bits per heavy atom. The number of aromatic carboxylic acids is 1. The van der Waals surface area contributed by atoms with Gasteiger partial charge in [0.05, 0.1) is 10.2 Å². The molecule has 2 heterocycles. The molecule has 2 rings (SSSR count). The van der Waals surface area contributed by atoms with Crippen LogP contribution in [0.3, 0.4) is 0 Å². The molecule has 0 spiro atoms. The number of aryl methyl sites for hydroxylation is 2. The minimum Gasteiger partial charge on any atom is -0.477 e. The summed E-state index contributed by atoms with van der Waals surface area (Å²) in [6, 6.07) is 1.93. The largest absolute Gasteiger partial charge is 0.477 e. The summed E-state index contributed by atoms with van der Waals surface area (Å²) >= 11 is 3.42. The van der Waals surface area contributed by atoms with Gasteiger partial charge in [0.25, 0.3) is 0 Å². The zero-order chi connectivity index (χ0) is 12.6. The first-order valence-electron chi connectivity index (χ1n) is 5.45. The van der Waals surface area contributed by atoms with Crippen LogP contribution in [0.5, 0.6) is 0 Å². The second-order valence-electron chi connectivity index (χ2n) is 4.02. The molecule has 17 heavy (non-hydrogen) atoms. The van der Waals surface area contributed by atoms with Gasteiger partial charge in [-0.1, -0.05) is 13.3 Å². The van der Waals surface area contributed by atoms with Crippen molar-refractivity contribution >= 4 is 27.5 Å². The molecule has 0 unspecified atom stereocenters. The van der Waals surface area contributed by atoms with Crippen molar-refractivity contribution in [1.82, 2.24) is 9.38 Å². The van der Waals surface area contributed by atoms with Gasteiger partial charge in [-0.25, -0.2) is 9.78 Å². The third-order valence-electron chi connectivity index (χ3n) is 2.57. The molecule has 0 saturated heterocycles. The van der Waals surface area contributed by atoms with Crippen LogP contribution in [0.2, 0.25) is 0 Å². The molecule has 0 saturated carbocycles. The van der Waals surface area contributed by atoms with Gasteiger partial charge in [-0.15, -0.1) is 0 Å². The normalized spacial score (nSPS) is 11.0. The Hall–Kier alpha value is -1.36. The Morgan fingerprint density at radius 2 is 2.29 bits per heavy atom. The molecule has 2 aromatic rings. The van der Waals surface area contributed by atoms with Crippen molar-refractivity contribution in [2.45, 2.75) is 26.7 Å². The van der Waals surface area contributed by atoms with Crippen molar-refractivity contribution in [2.75, 3.05) is 0 Å². The molecule has 2 aromatic heterocycles. The summed E-state index contributed by atoms with van der Waals surface area (Å²) in [5.41, 5.74) is 2.57. The number of halogens is 1. The average molecular weight is 297 g/mol. The summed E-state index contributed by atoms with van der Waals surface area (Å²) in [6.07, 6.45) is 3.35. The lowest BCUT2D eigenvalue weighted by Crippen LogP contribution is -2.05. The van der Waals surface area contributed by atoms with Crippen LogP contribution in [0.1, 0.15) is 35.1 Å². The summed E-state index contributed by atoms with van der Waals surface area (Å²) in [5.74, 6) is -0.932. The van der Waals surface area contributed by atoms with E-state index in [-0.39, 0.29) is 5.69 Å². The van der Waals surface area contributed by atoms with Crippen LogP contribution in [0.4, 0.5) is 0 Å². The molecule has 1 N–H and O–H groups in total. The van der Waals surface area contributed by atoms with E-state index in [9.17, 15) is 9.90 Å². The molecular formula is C12H13BrN2O2. The van der Waals surface area contributed by atoms with Crippen molar-refractivity contribution in [3.05, 3.63) is 33.7 Å². The monoisotopic (exact) mass is 296 g/mol. The number of hydrogen-bond acceptors (Lipinski definition) is 2. The van der Waals surface area contributed by atoms with Gasteiger partial charge in [-0.2, -0.15) is 0 Å². The molecule has 0 amide bonds. The predicted molar refractivity (Wildman–Crippen MR) is 68.6 cm³/mol. The van der Waals surface area contributed by atoms with Gasteiger partial charge in [0.2, 0.25) is 0 Å². The van der Waals surface area contributed by atoms with E-state index in [2.05, 4.69) is 20.9 Å². The molecule has 0 bridgehead atoms. The number of carboxylic acids is 1. The maximum Gasteiger partial charge on any atom is 0.354 e. The summed E-state index contributed by atoms with van der Waals surface area (Å²) in [7, 11) is 0. The number of rotatable bonds is 3. The van der Waals surface area contributed by atoms with Crippen molar-refractivity contribution in [2.24, 2.45) is 0 Å². The summed E-state index contributed by atoms with van der Waals surface area (Å²) in [6.45, 7) is 3.94. The van der Waals surface area contributed by atoms with Crippen LogP contribution >= 0.6 is 15.9 Å². The van der Waals surface area contributed by atoms with Gasteiger partial charge < -0.3 is 5.11 Å². The van der Waals surface area contributed by atoms with E-state index in [0.29, 0.717) is 17.8 Å². The minimum absolute atomic E-state index is 0.270. The van der Waals surface area contributed by atoms with Gasteiger partial charge in [-0.05, 0) is 40.9 Å². The lowest BCUT2D eigenvalue weighted by atomic mass is 10.2. The van der Waals surface area contributed by atoms with Gasteiger partial charge in [0.15, 0.2) is 11.3 Å². The van der Waals surface area contributed by atoms with Crippen LogP contribution in [-0.2, 0) is 6.42 Å². The van der Waals surface area contributed by atoms with Gasteiger partial charge in [0.1, 0.15) is 0 Å². The second-order valence-corrected chi connectivity index (χ2v) is 4.88. The number of aromatic nitrogens is 2. The maximum atomic E-state index is 11.3. The first-order valence-corrected chi connectivity index (χ1v) is 6.24. The van der Waals surface area contributed by atoms with E-state index in [1.54, 1.807) is 10.6 Å². The predicted octanol–water partition coefficient (Wildman–Crippen LogP) is 3.06. The van der Waals surface area contributed by atoms with Crippen LogP contribution in [0, 0.1) is 6.92 Å². The highest BCUT2D eigenvalue weighted by molar-refractivity contribution is 9.10. The first kappa shape index (κ1) is 12.1. The van der Waals surface area contributed by atoms with E-state index in [0.717, 1.165) is 16.5 Å². The van der Waals surface area contributed by atoms with Crippen LogP contribution in [-0.4, -0.2) is 20.5 Å². The number of imidazole rings is 1. The second kappa shape index (κ2) is 4.49. The standard InChI is InChI=1S/C12H13BrN2O2/c1-3-4-9-10(12(16)17)15-6-7(2)5-8(13)11(15)14-9/h5-6H,3-4H2,1-2H3,(H,16,17). The fraction of sp³-hybridized carbons (Fsp3) is 0.333. The summed E-state index contributed by atoms with van der Waals surface area (Å²) in [5, 5.41) is 9.28. The average Bonchev–Trinajstić information content (AvgIpc) is 2.57. The van der Waals surface area contributed by atoms with Crippen molar-refractivity contribution < 1.29 is 9.90 Å². The molecule has 0 atom stereocenters. The Morgan fingerprint density at radius 1 is 1.59 bits per heavy atom. The Labute approximate surface area is 107 Å². The van der Waals surface area contributed by atoms with Crippen molar-refractivity contribution in [3.8, 4) is 0 Å². The van der Waals surface area contributed by atoms with E-state index < -0.39 is 5.97 Å². The maximum absolute atomic E-state index is 11.3. The third kappa shape index (κ3) is 2.07. The molecule has 4 nitrogen and oxygen atoms in total. The first-order chi connectivity index (χ1) is 8.04. The Kier molecular flexibility index (Phi) is 3.19. The lowest BCUT2D eigenvalue weighted by molar-refractivity contribution is 0.0688. The number of fused-ring (bicyclic) bond motifs is 1. The van der Waals surface area contributed by atoms with Crippen LogP contribution in [0.15, 0.2) is 16.7 Å². The lowest BCUT2D eigenvalue weighted by Gasteiger charge is -2.01. The van der Waals surface area contributed by atoms with E-state index in [4.69, 9.17) is 0 Å². The topological polar surface area (TPSA) is 54.6 Å². The molecule has 90 valence electrons. The summed E-state index contributed by atoms with van der Waals surface area (Å²) < 4.78 is 2.47. The molecule has 0 radical (unpaired) electrons. The van der Waals surface area contributed by atoms with E-state index in [1.807, 2.05) is 19.9 Å². The zero-order valence-electron chi connectivity index (χ0n) is 9.70. The number of hydrogen-bond donors (Lipinski definition) is 1. The molecule has 0 fully saturated rings. The fourth-order valence-corrected chi connectivity index (χ4v) is 2.56. The zero-order valence-corrected chi connectivity index (χ0v) is 11.3. The summed E-state index contributed by atoms with van der Waals surface area (Å²) in [4.78, 5) is 15.7. The Bertz CT molecular complexity index is 590. The van der Waals surface area contributed by atoms with Gasteiger partial charge in [0, 0.05) is 6.20 Å². The minimum atomic E-state index is -0.932. The number of carbonyl (C=O) groups is 1. The van der Waals surface area contributed by atoms with E-state index in [1.165, 1.54) is 0 Å². The smallest absolute Gasteiger partial charge is 0.354 e. The fourth-order valence-electron chi connectivity index (χ4n) is 1.92. The van der Waals surface area contributed by atoms with Crippen LogP contribution in [0.25, 0.3) is 5.65 Å². The quantitative estimate of drug-likeness (QED) is 0.947. The van der Waals surface area contributed by atoms with Crippen molar-refractivity contribution in [3.63, 3.8) is 0 Å². The van der Waals surface area contributed by atoms with Gasteiger partial charge >= 0.3 is 5.97 Å².